The summed E-state index contributed by atoms with van der Waals surface area (Å²) in [5.41, 5.74) is 1.28. The minimum absolute atomic E-state index is 0.579. The van der Waals surface area contributed by atoms with Gasteiger partial charge in [-0.05, 0) is 32.6 Å². The van der Waals surface area contributed by atoms with E-state index in [2.05, 4.69) is 47.9 Å². The van der Waals surface area contributed by atoms with Gasteiger partial charge >= 0.3 is 0 Å². The van der Waals surface area contributed by atoms with Gasteiger partial charge in [0.05, 0.1) is 0 Å². The second-order valence-corrected chi connectivity index (χ2v) is 5.65. The van der Waals surface area contributed by atoms with E-state index in [1.165, 1.54) is 12.0 Å². The molecule has 0 amide bonds. The number of anilines is 2. The molecule has 0 aliphatic carbocycles. The molecule has 0 saturated carbocycles. The highest BCUT2D eigenvalue weighted by atomic mass is 15.2. The average molecular weight is 262 g/mol. The van der Waals surface area contributed by atoms with Crippen molar-refractivity contribution in [3.05, 3.63) is 11.9 Å². The predicted octanol–water partition coefficient (Wildman–Crippen LogP) is 3.10. The van der Waals surface area contributed by atoms with Gasteiger partial charge in [0.2, 0.25) is 0 Å². The first-order valence-electron chi connectivity index (χ1n) is 7.51. The van der Waals surface area contributed by atoms with Crippen LogP contribution in [0.3, 0.4) is 0 Å². The van der Waals surface area contributed by atoms with Crippen LogP contribution in [0.5, 0.6) is 0 Å². The van der Waals surface area contributed by atoms with E-state index in [1.807, 2.05) is 0 Å². The Kier molecular flexibility index (Phi) is 4.61. The molecule has 2 heterocycles. The van der Waals surface area contributed by atoms with Gasteiger partial charge in [-0.25, -0.2) is 9.97 Å². The van der Waals surface area contributed by atoms with Gasteiger partial charge in [0.25, 0.3) is 0 Å². The first-order chi connectivity index (χ1) is 9.17. The van der Waals surface area contributed by atoms with E-state index < -0.39 is 0 Å². The Hall–Kier alpha value is -1.32. The van der Waals surface area contributed by atoms with Crippen LogP contribution >= 0.6 is 0 Å². The Bertz CT molecular complexity index is 419. The third kappa shape index (κ3) is 2.99. The SMILES string of the molecule is CCCc1c(NCC)ncnc1N1CC(C)CC1C. The molecule has 1 aromatic rings. The normalized spacial score (nSPS) is 22.8. The van der Waals surface area contributed by atoms with Crippen LogP contribution in [0.25, 0.3) is 0 Å². The maximum Gasteiger partial charge on any atom is 0.137 e. The zero-order chi connectivity index (χ0) is 13.8. The monoisotopic (exact) mass is 262 g/mol. The molecule has 2 rings (SSSR count). The quantitative estimate of drug-likeness (QED) is 0.885. The number of aromatic nitrogens is 2. The van der Waals surface area contributed by atoms with Crippen LogP contribution in [0.4, 0.5) is 11.6 Å². The number of rotatable bonds is 5. The van der Waals surface area contributed by atoms with Crippen molar-refractivity contribution in [2.75, 3.05) is 23.3 Å². The number of hydrogen-bond acceptors (Lipinski definition) is 4. The van der Waals surface area contributed by atoms with Gasteiger partial charge in [0, 0.05) is 24.7 Å². The molecule has 0 spiro atoms. The lowest BCUT2D eigenvalue weighted by Crippen LogP contribution is -2.29. The summed E-state index contributed by atoms with van der Waals surface area (Å²) in [6, 6.07) is 0.579. The second kappa shape index (κ2) is 6.22. The van der Waals surface area contributed by atoms with Gasteiger partial charge in [0.15, 0.2) is 0 Å². The molecule has 1 aliphatic heterocycles. The molecule has 0 aromatic carbocycles. The van der Waals surface area contributed by atoms with E-state index in [0.717, 1.165) is 43.5 Å². The summed E-state index contributed by atoms with van der Waals surface area (Å²) in [7, 11) is 0. The van der Waals surface area contributed by atoms with Crippen molar-refractivity contribution in [1.29, 1.82) is 0 Å². The molecule has 2 atom stereocenters. The molecule has 1 saturated heterocycles. The van der Waals surface area contributed by atoms with E-state index in [0.29, 0.717) is 6.04 Å². The summed E-state index contributed by atoms with van der Waals surface area (Å²) in [6.07, 6.45) is 5.11. The standard InChI is InChI=1S/C15H26N4/c1-5-7-13-14(16-6-2)17-10-18-15(13)19-9-11(3)8-12(19)4/h10-12H,5-9H2,1-4H3,(H,16,17,18). The van der Waals surface area contributed by atoms with Crippen molar-refractivity contribution in [3.63, 3.8) is 0 Å². The van der Waals surface area contributed by atoms with Crippen molar-refractivity contribution in [2.45, 2.75) is 53.0 Å². The highest BCUT2D eigenvalue weighted by Gasteiger charge is 2.29. The highest BCUT2D eigenvalue weighted by Crippen LogP contribution is 2.32. The molecule has 0 bridgehead atoms. The van der Waals surface area contributed by atoms with Gasteiger partial charge in [-0.15, -0.1) is 0 Å². The smallest absolute Gasteiger partial charge is 0.137 e. The van der Waals surface area contributed by atoms with E-state index in [9.17, 15) is 0 Å². The van der Waals surface area contributed by atoms with Gasteiger partial charge in [-0.2, -0.15) is 0 Å². The van der Waals surface area contributed by atoms with E-state index in [-0.39, 0.29) is 0 Å². The van der Waals surface area contributed by atoms with Crippen molar-refractivity contribution in [2.24, 2.45) is 5.92 Å². The van der Waals surface area contributed by atoms with E-state index in [4.69, 9.17) is 0 Å². The van der Waals surface area contributed by atoms with Gasteiger partial charge in [0.1, 0.15) is 18.0 Å². The van der Waals surface area contributed by atoms with Crippen LogP contribution in [0.2, 0.25) is 0 Å². The molecule has 19 heavy (non-hydrogen) atoms. The Morgan fingerprint density at radius 3 is 2.68 bits per heavy atom. The van der Waals surface area contributed by atoms with Crippen molar-refractivity contribution >= 4 is 11.6 Å². The van der Waals surface area contributed by atoms with Gasteiger partial charge in [-0.3, -0.25) is 0 Å². The fourth-order valence-corrected chi connectivity index (χ4v) is 3.05. The molecule has 1 aromatic heterocycles. The summed E-state index contributed by atoms with van der Waals surface area (Å²) in [6.45, 7) is 11.0. The highest BCUT2D eigenvalue weighted by molar-refractivity contribution is 5.59. The van der Waals surface area contributed by atoms with Crippen LogP contribution in [0.1, 0.15) is 46.1 Å². The zero-order valence-corrected chi connectivity index (χ0v) is 12.6. The first kappa shape index (κ1) is 14.1. The van der Waals surface area contributed by atoms with Crippen LogP contribution < -0.4 is 10.2 Å². The van der Waals surface area contributed by atoms with Crippen LogP contribution in [0, 0.1) is 5.92 Å². The molecular weight excluding hydrogens is 236 g/mol. The Labute approximate surface area is 116 Å². The van der Waals surface area contributed by atoms with Gasteiger partial charge < -0.3 is 10.2 Å². The number of nitrogens with zero attached hydrogens (tertiary/aromatic N) is 3. The molecule has 1 fully saturated rings. The summed E-state index contributed by atoms with van der Waals surface area (Å²) >= 11 is 0. The van der Waals surface area contributed by atoms with Crippen LogP contribution in [-0.4, -0.2) is 29.1 Å². The molecule has 4 nitrogen and oxygen atoms in total. The third-order valence-electron chi connectivity index (χ3n) is 3.82. The third-order valence-corrected chi connectivity index (χ3v) is 3.82. The molecule has 0 radical (unpaired) electrons. The number of nitrogens with one attached hydrogen (secondary N) is 1. The van der Waals surface area contributed by atoms with E-state index in [1.54, 1.807) is 6.33 Å². The lowest BCUT2D eigenvalue weighted by Gasteiger charge is -2.26. The van der Waals surface area contributed by atoms with Crippen molar-refractivity contribution < 1.29 is 0 Å². The summed E-state index contributed by atoms with van der Waals surface area (Å²) in [4.78, 5) is 11.5. The lowest BCUT2D eigenvalue weighted by molar-refractivity contribution is 0.625. The molecule has 2 unspecified atom stereocenters. The van der Waals surface area contributed by atoms with Crippen molar-refractivity contribution in [3.8, 4) is 0 Å². The average Bonchev–Trinajstić information content (AvgIpc) is 2.71. The molecule has 106 valence electrons. The Balaban J connectivity index is 2.35. The summed E-state index contributed by atoms with van der Waals surface area (Å²) in [5.74, 6) is 2.91. The maximum absolute atomic E-state index is 4.58. The molecule has 1 N–H and O–H groups in total. The number of hydrogen-bond donors (Lipinski definition) is 1. The predicted molar refractivity (Wildman–Crippen MR) is 80.8 cm³/mol. The minimum Gasteiger partial charge on any atom is -0.370 e. The second-order valence-electron chi connectivity index (χ2n) is 5.65. The topological polar surface area (TPSA) is 41.1 Å². The fourth-order valence-electron chi connectivity index (χ4n) is 3.05. The summed E-state index contributed by atoms with van der Waals surface area (Å²) in [5, 5.41) is 3.37. The lowest BCUT2D eigenvalue weighted by atomic mass is 10.1. The van der Waals surface area contributed by atoms with Gasteiger partial charge in [-0.1, -0.05) is 20.3 Å². The summed E-state index contributed by atoms with van der Waals surface area (Å²) < 4.78 is 0. The van der Waals surface area contributed by atoms with Crippen molar-refractivity contribution in [1.82, 2.24) is 9.97 Å². The molecule has 4 heteroatoms. The van der Waals surface area contributed by atoms with E-state index >= 15 is 0 Å². The largest absolute Gasteiger partial charge is 0.370 e. The fraction of sp³-hybridized carbons (Fsp3) is 0.733. The Morgan fingerprint density at radius 2 is 2.11 bits per heavy atom. The molecule has 1 aliphatic rings. The minimum atomic E-state index is 0.579. The van der Waals surface area contributed by atoms with Crippen LogP contribution in [-0.2, 0) is 6.42 Å². The van der Waals surface area contributed by atoms with Crippen LogP contribution in [0.15, 0.2) is 6.33 Å². The molecular formula is C15H26N4. The maximum atomic E-state index is 4.58. The zero-order valence-electron chi connectivity index (χ0n) is 12.6. The first-order valence-corrected chi connectivity index (χ1v) is 7.51. The Morgan fingerprint density at radius 1 is 1.32 bits per heavy atom.